The average Bonchev–Trinajstić information content (AvgIpc) is 2.17. The van der Waals surface area contributed by atoms with E-state index in [-0.39, 0.29) is 0 Å². The van der Waals surface area contributed by atoms with Crippen molar-refractivity contribution in [1.29, 1.82) is 0 Å². The standard InChI is InChI=1S/C12H17Br2N/c1-3-4-7-15-9(2)11-6-5-10(13)8-12(11)14/h5-6,8-9,15H,3-4,7H2,1-2H3. The molecule has 15 heavy (non-hydrogen) atoms. The largest absolute Gasteiger partial charge is 0.310 e. The minimum absolute atomic E-state index is 0.402. The first-order chi connectivity index (χ1) is 7.15. The van der Waals surface area contributed by atoms with E-state index in [1.54, 1.807) is 0 Å². The third-order valence-corrected chi connectivity index (χ3v) is 3.59. The summed E-state index contributed by atoms with van der Waals surface area (Å²) >= 11 is 7.05. The lowest BCUT2D eigenvalue weighted by Gasteiger charge is -2.15. The monoisotopic (exact) mass is 333 g/mol. The van der Waals surface area contributed by atoms with Gasteiger partial charge in [0.2, 0.25) is 0 Å². The Morgan fingerprint density at radius 1 is 1.33 bits per heavy atom. The van der Waals surface area contributed by atoms with E-state index in [0.717, 1.165) is 15.5 Å². The number of rotatable bonds is 5. The lowest BCUT2D eigenvalue weighted by molar-refractivity contribution is 0.553. The predicted octanol–water partition coefficient (Wildman–Crippen LogP) is 4.66. The van der Waals surface area contributed by atoms with Crippen LogP contribution in [-0.4, -0.2) is 6.54 Å². The summed E-state index contributed by atoms with van der Waals surface area (Å²) < 4.78 is 2.27. The van der Waals surface area contributed by atoms with Crippen LogP contribution in [0.4, 0.5) is 0 Å². The van der Waals surface area contributed by atoms with Gasteiger partial charge in [-0.1, -0.05) is 51.3 Å². The summed E-state index contributed by atoms with van der Waals surface area (Å²) in [4.78, 5) is 0. The summed E-state index contributed by atoms with van der Waals surface area (Å²) in [5.41, 5.74) is 1.31. The highest BCUT2D eigenvalue weighted by molar-refractivity contribution is 9.11. The second-order valence-electron chi connectivity index (χ2n) is 3.70. The van der Waals surface area contributed by atoms with Crippen LogP contribution >= 0.6 is 31.9 Å². The molecule has 1 nitrogen and oxygen atoms in total. The van der Waals surface area contributed by atoms with Crippen molar-refractivity contribution in [3.05, 3.63) is 32.7 Å². The zero-order valence-electron chi connectivity index (χ0n) is 9.19. The third kappa shape index (κ3) is 4.25. The van der Waals surface area contributed by atoms with E-state index in [4.69, 9.17) is 0 Å². The molecule has 1 aromatic rings. The van der Waals surface area contributed by atoms with Gasteiger partial charge in [-0.25, -0.2) is 0 Å². The van der Waals surface area contributed by atoms with Gasteiger partial charge in [-0.15, -0.1) is 0 Å². The van der Waals surface area contributed by atoms with Crippen LogP contribution < -0.4 is 5.32 Å². The number of benzene rings is 1. The second-order valence-corrected chi connectivity index (χ2v) is 5.47. The minimum atomic E-state index is 0.402. The highest BCUT2D eigenvalue weighted by Crippen LogP contribution is 2.26. The molecule has 0 aliphatic rings. The van der Waals surface area contributed by atoms with Crippen molar-refractivity contribution in [1.82, 2.24) is 5.32 Å². The fraction of sp³-hybridized carbons (Fsp3) is 0.500. The van der Waals surface area contributed by atoms with Gasteiger partial charge in [-0.3, -0.25) is 0 Å². The van der Waals surface area contributed by atoms with Gasteiger partial charge >= 0.3 is 0 Å². The van der Waals surface area contributed by atoms with Gasteiger partial charge in [0.25, 0.3) is 0 Å². The average molecular weight is 335 g/mol. The van der Waals surface area contributed by atoms with Crippen molar-refractivity contribution in [2.75, 3.05) is 6.54 Å². The summed E-state index contributed by atoms with van der Waals surface area (Å²) in [5, 5.41) is 3.51. The van der Waals surface area contributed by atoms with Crippen molar-refractivity contribution in [2.24, 2.45) is 0 Å². The molecule has 1 atom stereocenters. The highest BCUT2D eigenvalue weighted by atomic mass is 79.9. The van der Waals surface area contributed by atoms with Crippen LogP contribution in [-0.2, 0) is 0 Å². The van der Waals surface area contributed by atoms with E-state index in [2.05, 4.69) is 69.2 Å². The molecule has 0 spiro atoms. The van der Waals surface area contributed by atoms with Crippen molar-refractivity contribution in [3.8, 4) is 0 Å². The highest BCUT2D eigenvalue weighted by Gasteiger charge is 2.08. The quantitative estimate of drug-likeness (QED) is 0.772. The molecule has 3 heteroatoms. The Balaban J connectivity index is 2.61. The molecule has 0 heterocycles. The molecule has 0 radical (unpaired) electrons. The molecule has 1 rings (SSSR count). The maximum absolute atomic E-state index is 3.59. The van der Waals surface area contributed by atoms with Crippen LogP contribution in [0.5, 0.6) is 0 Å². The van der Waals surface area contributed by atoms with Gasteiger partial charge in [-0.05, 0) is 37.6 Å². The van der Waals surface area contributed by atoms with E-state index in [1.165, 1.54) is 18.4 Å². The Bertz CT molecular complexity index is 312. The maximum atomic E-state index is 3.59. The summed E-state index contributed by atoms with van der Waals surface area (Å²) in [5.74, 6) is 0. The fourth-order valence-corrected chi connectivity index (χ4v) is 2.85. The first kappa shape index (κ1) is 13.2. The SMILES string of the molecule is CCCCNC(C)c1ccc(Br)cc1Br. The van der Waals surface area contributed by atoms with Crippen molar-refractivity contribution < 1.29 is 0 Å². The second kappa shape index (κ2) is 6.66. The molecule has 0 amide bonds. The molecular formula is C12H17Br2N. The van der Waals surface area contributed by atoms with Gasteiger partial charge < -0.3 is 5.32 Å². The van der Waals surface area contributed by atoms with Crippen LogP contribution in [0.1, 0.15) is 38.3 Å². The molecule has 1 unspecified atom stereocenters. The van der Waals surface area contributed by atoms with Gasteiger partial charge in [0.05, 0.1) is 0 Å². The normalized spacial score (nSPS) is 12.8. The smallest absolute Gasteiger partial charge is 0.0302 e. The van der Waals surface area contributed by atoms with Crippen LogP contribution in [0.3, 0.4) is 0 Å². The van der Waals surface area contributed by atoms with Crippen LogP contribution in [0, 0.1) is 0 Å². The summed E-state index contributed by atoms with van der Waals surface area (Å²) in [6.45, 7) is 5.49. The molecular weight excluding hydrogens is 318 g/mol. The van der Waals surface area contributed by atoms with E-state index >= 15 is 0 Å². The van der Waals surface area contributed by atoms with Crippen LogP contribution in [0.2, 0.25) is 0 Å². The molecule has 0 aliphatic carbocycles. The van der Waals surface area contributed by atoms with Gasteiger partial charge in [0.1, 0.15) is 0 Å². The Morgan fingerprint density at radius 3 is 2.67 bits per heavy atom. The fourth-order valence-electron chi connectivity index (χ4n) is 1.46. The number of hydrogen-bond donors (Lipinski definition) is 1. The molecule has 0 saturated carbocycles. The lowest BCUT2D eigenvalue weighted by Crippen LogP contribution is -2.19. The van der Waals surface area contributed by atoms with Crippen molar-refractivity contribution in [2.45, 2.75) is 32.7 Å². The first-order valence-corrected chi connectivity index (χ1v) is 6.92. The summed E-state index contributed by atoms with van der Waals surface area (Å²) in [7, 11) is 0. The Kier molecular flexibility index (Phi) is 5.87. The molecule has 84 valence electrons. The van der Waals surface area contributed by atoms with Crippen LogP contribution in [0.15, 0.2) is 27.1 Å². The lowest BCUT2D eigenvalue weighted by atomic mass is 10.1. The summed E-state index contributed by atoms with van der Waals surface area (Å²) in [6.07, 6.45) is 2.47. The Morgan fingerprint density at radius 2 is 2.07 bits per heavy atom. The molecule has 1 N–H and O–H groups in total. The Labute approximate surface area is 109 Å². The molecule has 0 aromatic heterocycles. The van der Waals surface area contributed by atoms with E-state index in [0.29, 0.717) is 6.04 Å². The first-order valence-electron chi connectivity index (χ1n) is 5.33. The van der Waals surface area contributed by atoms with Crippen LogP contribution in [0.25, 0.3) is 0 Å². The number of hydrogen-bond acceptors (Lipinski definition) is 1. The molecule has 1 aromatic carbocycles. The van der Waals surface area contributed by atoms with Gasteiger partial charge in [-0.2, -0.15) is 0 Å². The Hall–Kier alpha value is 0.140. The number of nitrogens with one attached hydrogen (secondary N) is 1. The molecule has 0 fully saturated rings. The maximum Gasteiger partial charge on any atom is 0.0302 e. The number of unbranched alkanes of at least 4 members (excludes halogenated alkanes) is 1. The van der Waals surface area contributed by atoms with E-state index in [1.807, 2.05) is 0 Å². The molecule has 0 aliphatic heterocycles. The molecule has 0 saturated heterocycles. The van der Waals surface area contributed by atoms with Crippen molar-refractivity contribution >= 4 is 31.9 Å². The molecule has 0 bridgehead atoms. The number of halogens is 2. The van der Waals surface area contributed by atoms with E-state index < -0.39 is 0 Å². The zero-order chi connectivity index (χ0) is 11.3. The van der Waals surface area contributed by atoms with Gasteiger partial charge in [0.15, 0.2) is 0 Å². The minimum Gasteiger partial charge on any atom is -0.310 e. The van der Waals surface area contributed by atoms with Crippen molar-refractivity contribution in [3.63, 3.8) is 0 Å². The summed E-state index contributed by atoms with van der Waals surface area (Å²) in [6, 6.07) is 6.72. The topological polar surface area (TPSA) is 12.0 Å². The van der Waals surface area contributed by atoms with E-state index in [9.17, 15) is 0 Å². The zero-order valence-corrected chi connectivity index (χ0v) is 12.4. The van der Waals surface area contributed by atoms with Gasteiger partial charge in [0, 0.05) is 15.0 Å². The predicted molar refractivity (Wildman–Crippen MR) is 73.2 cm³/mol. The third-order valence-electron chi connectivity index (χ3n) is 2.41.